The van der Waals surface area contributed by atoms with Crippen LogP contribution in [-0.2, 0) is 9.59 Å². The second-order valence-electron chi connectivity index (χ2n) is 2.31. The van der Waals surface area contributed by atoms with Crippen molar-refractivity contribution in [2.24, 2.45) is 5.84 Å². The summed E-state index contributed by atoms with van der Waals surface area (Å²) in [5.74, 6) is 6.84. The number of nitrogens with one attached hydrogen (secondary N) is 1. The minimum Gasteiger partial charge on any atom is -0.300 e. The van der Waals surface area contributed by atoms with E-state index in [0.717, 1.165) is 0 Å². The summed E-state index contributed by atoms with van der Waals surface area (Å²) >= 11 is 0. The van der Waals surface area contributed by atoms with Crippen LogP contribution in [0, 0.1) is 12.3 Å². The van der Waals surface area contributed by atoms with E-state index in [1.165, 1.54) is 0 Å². The third-order valence-electron chi connectivity index (χ3n) is 1.34. The van der Waals surface area contributed by atoms with Gasteiger partial charge in [0.1, 0.15) is 5.78 Å². The second-order valence-corrected chi connectivity index (χ2v) is 2.31. The molecule has 0 aromatic rings. The highest BCUT2D eigenvalue weighted by molar-refractivity contribution is 5.84. The van der Waals surface area contributed by atoms with Gasteiger partial charge in [0.05, 0.1) is 0 Å². The Morgan fingerprint density at radius 2 is 2.00 bits per heavy atom. The van der Waals surface area contributed by atoms with Crippen LogP contribution >= 0.6 is 0 Å². The van der Waals surface area contributed by atoms with E-state index in [1.54, 1.807) is 0 Å². The standard InChI is InChI=1S/C8H12N2O2/c1-2-3-4-7(11)5-6-8(12)10-9/h1H,3-6,9H2,(H,10,12). The lowest BCUT2D eigenvalue weighted by Gasteiger charge is -1.97. The number of Topliss-reactive ketones (excluding diaryl/α,β-unsaturated/α-hetero) is 1. The molecule has 0 spiro atoms. The van der Waals surface area contributed by atoms with Crippen LogP contribution in [0.1, 0.15) is 25.7 Å². The first kappa shape index (κ1) is 10.7. The van der Waals surface area contributed by atoms with E-state index >= 15 is 0 Å². The van der Waals surface area contributed by atoms with E-state index < -0.39 is 0 Å². The van der Waals surface area contributed by atoms with Crippen molar-refractivity contribution < 1.29 is 9.59 Å². The maximum atomic E-state index is 10.9. The average molecular weight is 168 g/mol. The van der Waals surface area contributed by atoms with E-state index in [2.05, 4.69) is 5.92 Å². The summed E-state index contributed by atoms with van der Waals surface area (Å²) in [7, 11) is 0. The summed E-state index contributed by atoms with van der Waals surface area (Å²) in [4.78, 5) is 21.5. The first-order chi connectivity index (χ1) is 5.70. The number of hydrogen-bond donors (Lipinski definition) is 2. The molecular weight excluding hydrogens is 156 g/mol. The molecular formula is C8H12N2O2. The van der Waals surface area contributed by atoms with Gasteiger partial charge in [-0.1, -0.05) is 0 Å². The third-order valence-corrected chi connectivity index (χ3v) is 1.34. The van der Waals surface area contributed by atoms with E-state index in [0.29, 0.717) is 12.8 Å². The topological polar surface area (TPSA) is 72.2 Å². The lowest BCUT2D eigenvalue weighted by atomic mass is 10.1. The Morgan fingerprint density at radius 3 is 2.50 bits per heavy atom. The quantitative estimate of drug-likeness (QED) is 0.257. The maximum Gasteiger partial charge on any atom is 0.234 e. The lowest BCUT2D eigenvalue weighted by Crippen LogP contribution is -2.30. The number of terminal acetylenes is 1. The number of carbonyl (C=O) groups excluding carboxylic acids is 2. The van der Waals surface area contributed by atoms with Crippen LogP contribution in [0.5, 0.6) is 0 Å². The van der Waals surface area contributed by atoms with Crippen molar-refractivity contribution in [2.45, 2.75) is 25.7 Å². The van der Waals surface area contributed by atoms with Crippen LogP contribution in [0.3, 0.4) is 0 Å². The molecule has 0 atom stereocenters. The van der Waals surface area contributed by atoms with Crippen LogP contribution in [0.4, 0.5) is 0 Å². The zero-order valence-electron chi connectivity index (χ0n) is 6.80. The molecule has 0 aromatic heterocycles. The Hall–Kier alpha value is -1.34. The van der Waals surface area contributed by atoms with Crippen LogP contribution < -0.4 is 11.3 Å². The van der Waals surface area contributed by atoms with Crippen molar-refractivity contribution in [3.8, 4) is 12.3 Å². The number of nitrogens with two attached hydrogens (primary N) is 1. The minimum atomic E-state index is -0.330. The molecule has 0 radical (unpaired) electrons. The monoisotopic (exact) mass is 168 g/mol. The molecule has 0 unspecified atom stereocenters. The first-order valence-corrected chi connectivity index (χ1v) is 3.65. The molecule has 0 rings (SSSR count). The Labute approximate surface area is 71.5 Å². The van der Waals surface area contributed by atoms with Crippen LogP contribution in [0.15, 0.2) is 0 Å². The van der Waals surface area contributed by atoms with Gasteiger partial charge >= 0.3 is 0 Å². The second kappa shape index (κ2) is 6.38. The van der Waals surface area contributed by atoms with Crippen LogP contribution in [-0.4, -0.2) is 11.7 Å². The van der Waals surface area contributed by atoms with Crippen molar-refractivity contribution in [3.63, 3.8) is 0 Å². The van der Waals surface area contributed by atoms with E-state index in [-0.39, 0.29) is 24.5 Å². The summed E-state index contributed by atoms with van der Waals surface area (Å²) in [6.07, 6.45) is 6.08. The highest BCUT2D eigenvalue weighted by Gasteiger charge is 2.04. The van der Waals surface area contributed by atoms with E-state index in [1.807, 2.05) is 5.43 Å². The highest BCUT2D eigenvalue weighted by Crippen LogP contribution is 1.97. The SMILES string of the molecule is C#CCCC(=O)CCC(=O)NN. The normalized spacial score (nSPS) is 8.67. The van der Waals surface area contributed by atoms with Gasteiger partial charge in [-0.3, -0.25) is 15.0 Å². The number of rotatable bonds is 5. The Balaban J connectivity index is 3.45. The molecule has 0 aliphatic heterocycles. The molecule has 66 valence electrons. The fourth-order valence-electron chi connectivity index (χ4n) is 0.662. The van der Waals surface area contributed by atoms with Crippen molar-refractivity contribution in [3.05, 3.63) is 0 Å². The number of ketones is 1. The molecule has 4 heteroatoms. The fraction of sp³-hybridized carbons (Fsp3) is 0.500. The van der Waals surface area contributed by atoms with Gasteiger partial charge < -0.3 is 0 Å². The molecule has 0 saturated heterocycles. The smallest absolute Gasteiger partial charge is 0.234 e. The van der Waals surface area contributed by atoms with E-state index in [4.69, 9.17) is 12.3 Å². The van der Waals surface area contributed by atoms with Gasteiger partial charge in [-0.15, -0.1) is 12.3 Å². The number of hydrazine groups is 1. The van der Waals surface area contributed by atoms with Gasteiger partial charge in [-0.25, -0.2) is 5.84 Å². The van der Waals surface area contributed by atoms with Crippen LogP contribution in [0.25, 0.3) is 0 Å². The molecule has 12 heavy (non-hydrogen) atoms. The maximum absolute atomic E-state index is 10.9. The molecule has 0 aliphatic rings. The summed E-state index contributed by atoms with van der Waals surface area (Å²) in [6.45, 7) is 0. The third kappa shape index (κ3) is 5.45. The molecule has 0 saturated carbocycles. The molecule has 4 nitrogen and oxygen atoms in total. The van der Waals surface area contributed by atoms with Gasteiger partial charge in [-0.2, -0.15) is 0 Å². The summed E-state index contributed by atoms with van der Waals surface area (Å²) < 4.78 is 0. The molecule has 0 aliphatic carbocycles. The van der Waals surface area contributed by atoms with Gasteiger partial charge in [0, 0.05) is 25.7 Å². The minimum absolute atomic E-state index is 0.00319. The molecule has 0 aromatic carbocycles. The van der Waals surface area contributed by atoms with Crippen molar-refractivity contribution in [2.75, 3.05) is 0 Å². The van der Waals surface area contributed by atoms with Crippen LogP contribution in [0.2, 0.25) is 0 Å². The predicted octanol–water partition coefficient (Wildman–Crippen LogP) is -0.261. The van der Waals surface area contributed by atoms with Gasteiger partial charge in [0.25, 0.3) is 0 Å². The number of amides is 1. The van der Waals surface area contributed by atoms with Crippen molar-refractivity contribution in [1.82, 2.24) is 5.43 Å². The zero-order valence-corrected chi connectivity index (χ0v) is 6.80. The molecule has 0 fully saturated rings. The van der Waals surface area contributed by atoms with Crippen molar-refractivity contribution in [1.29, 1.82) is 0 Å². The Morgan fingerprint density at radius 1 is 1.33 bits per heavy atom. The molecule has 1 amide bonds. The molecule has 3 N–H and O–H groups in total. The first-order valence-electron chi connectivity index (χ1n) is 3.65. The predicted molar refractivity (Wildman–Crippen MR) is 44.6 cm³/mol. The Bertz CT molecular complexity index is 206. The zero-order chi connectivity index (χ0) is 9.40. The van der Waals surface area contributed by atoms with E-state index in [9.17, 15) is 9.59 Å². The Kier molecular flexibility index (Phi) is 5.66. The van der Waals surface area contributed by atoms with Gasteiger partial charge in [-0.05, 0) is 0 Å². The average Bonchev–Trinajstić information content (AvgIpc) is 2.10. The molecule has 0 heterocycles. The largest absolute Gasteiger partial charge is 0.300 e. The summed E-state index contributed by atoms with van der Waals surface area (Å²) in [6, 6.07) is 0. The summed E-state index contributed by atoms with van der Waals surface area (Å²) in [5.41, 5.74) is 1.94. The summed E-state index contributed by atoms with van der Waals surface area (Å²) in [5, 5.41) is 0. The number of hydrogen-bond acceptors (Lipinski definition) is 3. The lowest BCUT2D eigenvalue weighted by molar-refractivity contribution is -0.125. The van der Waals surface area contributed by atoms with Crippen molar-refractivity contribution >= 4 is 11.7 Å². The number of carbonyl (C=O) groups is 2. The molecule has 0 bridgehead atoms. The van der Waals surface area contributed by atoms with Gasteiger partial charge in [0.15, 0.2) is 0 Å². The van der Waals surface area contributed by atoms with Gasteiger partial charge in [0.2, 0.25) is 5.91 Å². The highest BCUT2D eigenvalue weighted by atomic mass is 16.2. The fourth-order valence-corrected chi connectivity index (χ4v) is 0.662.